The van der Waals surface area contributed by atoms with Crippen LogP contribution in [0.3, 0.4) is 0 Å². The maximum absolute atomic E-state index is 12.8. The number of benzene rings is 2. The molecule has 2 N–H and O–H groups in total. The molecule has 2 aromatic carbocycles. The molecule has 0 aliphatic carbocycles. The minimum atomic E-state index is -4.38. The van der Waals surface area contributed by atoms with Crippen LogP contribution in [0.2, 0.25) is 5.02 Å². The molecular weight excluding hydrogens is 491 g/mol. The monoisotopic (exact) mass is 511 g/mol. The van der Waals surface area contributed by atoms with E-state index in [-0.39, 0.29) is 29.5 Å². The highest BCUT2D eigenvalue weighted by Crippen LogP contribution is 2.35. The van der Waals surface area contributed by atoms with Crippen molar-refractivity contribution in [2.24, 2.45) is 0 Å². The number of alkyl halides is 3. The van der Waals surface area contributed by atoms with Gasteiger partial charge in [0.2, 0.25) is 0 Å². The van der Waals surface area contributed by atoms with Crippen molar-refractivity contribution in [3.05, 3.63) is 73.9 Å². The Morgan fingerprint density at radius 3 is 2.26 bits per heavy atom. The number of aryl methyl sites for hydroxylation is 2. The summed E-state index contributed by atoms with van der Waals surface area (Å²) in [6, 6.07) is 10.3. The van der Waals surface area contributed by atoms with Crippen LogP contribution in [0.5, 0.6) is 5.75 Å². The van der Waals surface area contributed by atoms with Crippen LogP contribution in [-0.2, 0) is 17.6 Å². The maximum atomic E-state index is 12.8. The van der Waals surface area contributed by atoms with E-state index in [2.05, 4.69) is 5.32 Å². The highest BCUT2D eigenvalue weighted by atomic mass is 35.5. The van der Waals surface area contributed by atoms with Crippen LogP contribution in [0, 0.1) is 13.8 Å². The predicted molar refractivity (Wildman–Crippen MR) is 125 cm³/mol. The van der Waals surface area contributed by atoms with E-state index in [4.69, 9.17) is 21.4 Å². The quantitative estimate of drug-likeness (QED) is 0.362. The standard InChI is InChI=1S/C24H21ClF3NO4S/c1-13-9-17(10-14(2)21(13)15-3-5-16(6-4-15)24(26,27)28)33-12-18-11-19(25)22(34-18)23(32)29-8-7-20(30)31/h3-6,9-11H,7-8,12H2,1-2H3,(H,29,32)(H,30,31). The molecule has 10 heteroatoms. The summed E-state index contributed by atoms with van der Waals surface area (Å²) < 4.78 is 44.4. The van der Waals surface area contributed by atoms with Gasteiger partial charge in [0.05, 0.1) is 17.0 Å². The lowest BCUT2D eigenvalue weighted by atomic mass is 9.94. The number of ether oxygens (including phenoxy) is 1. The van der Waals surface area contributed by atoms with Gasteiger partial charge >= 0.3 is 12.1 Å². The minimum absolute atomic E-state index is 0.00192. The summed E-state index contributed by atoms with van der Waals surface area (Å²) >= 11 is 7.30. The van der Waals surface area contributed by atoms with Gasteiger partial charge in [-0.2, -0.15) is 13.2 Å². The van der Waals surface area contributed by atoms with Crippen molar-refractivity contribution in [1.82, 2.24) is 5.32 Å². The van der Waals surface area contributed by atoms with Gasteiger partial charge in [0.1, 0.15) is 17.2 Å². The Hall–Kier alpha value is -3.04. The number of amides is 1. The molecule has 1 heterocycles. The fourth-order valence-corrected chi connectivity index (χ4v) is 4.72. The number of rotatable bonds is 8. The molecule has 180 valence electrons. The van der Waals surface area contributed by atoms with Crippen LogP contribution in [0.15, 0.2) is 42.5 Å². The summed E-state index contributed by atoms with van der Waals surface area (Å²) in [6.07, 6.45) is -4.57. The van der Waals surface area contributed by atoms with Crippen LogP contribution in [-0.4, -0.2) is 23.5 Å². The maximum Gasteiger partial charge on any atom is 0.416 e. The van der Waals surface area contributed by atoms with Gasteiger partial charge in [-0.1, -0.05) is 23.7 Å². The number of carbonyl (C=O) groups is 2. The number of thiophene rings is 1. The summed E-state index contributed by atoms with van der Waals surface area (Å²) in [4.78, 5) is 23.7. The predicted octanol–water partition coefficient (Wildman–Crippen LogP) is 6.49. The van der Waals surface area contributed by atoms with Crippen molar-refractivity contribution in [2.45, 2.75) is 33.1 Å². The zero-order valence-electron chi connectivity index (χ0n) is 18.3. The zero-order chi connectivity index (χ0) is 25.0. The molecule has 0 spiro atoms. The van der Waals surface area contributed by atoms with Gasteiger partial charge in [-0.3, -0.25) is 9.59 Å². The second kappa shape index (κ2) is 10.5. The summed E-state index contributed by atoms with van der Waals surface area (Å²) in [7, 11) is 0. The van der Waals surface area contributed by atoms with Gasteiger partial charge in [0.15, 0.2) is 0 Å². The second-order valence-corrected chi connectivity index (χ2v) is 9.13. The van der Waals surface area contributed by atoms with Gasteiger partial charge in [0.25, 0.3) is 5.91 Å². The summed E-state index contributed by atoms with van der Waals surface area (Å²) in [5.74, 6) is -0.890. The highest BCUT2D eigenvalue weighted by molar-refractivity contribution is 7.14. The Morgan fingerprint density at radius 1 is 1.09 bits per heavy atom. The van der Waals surface area contributed by atoms with E-state index in [1.54, 1.807) is 18.2 Å². The molecule has 1 amide bonds. The van der Waals surface area contributed by atoms with Gasteiger partial charge in [-0.05, 0) is 66.4 Å². The first-order valence-corrected chi connectivity index (χ1v) is 11.3. The topological polar surface area (TPSA) is 75.6 Å². The van der Waals surface area contributed by atoms with Crippen LogP contribution in [0.4, 0.5) is 13.2 Å². The van der Waals surface area contributed by atoms with Gasteiger partial charge in [-0.15, -0.1) is 11.3 Å². The van der Waals surface area contributed by atoms with Crippen LogP contribution in [0.25, 0.3) is 11.1 Å². The molecule has 34 heavy (non-hydrogen) atoms. The van der Waals surface area contributed by atoms with E-state index < -0.39 is 23.6 Å². The van der Waals surface area contributed by atoms with Crippen LogP contribution >= 0.6 is 22.9 Å². The SMILES string of the molecule is Cc1cc(OCc2cc(Cl)c(C(=O)NCCC(=O)O)s2)cc(C)c1-c1ccc(C(F)(F)F)cc1. The van der Waals surface area contributed by atoms with E-state index in [0.717, 1.165) is 40.2 Å². The average Bonchev–Trinajstić information content (AvgIpc) is 3.12. The largest absolute Gasteiger partial charge is 0.488 e. The summed E-state index contributed by atoms with van der Waals surface area (Å²) in [5, 5.41) is 11.4. The van der Waals surface area contributed by atoms with Gasteiger partial charge in [0, 0.05) is 11.4 Å². The van der Waals surface area contributed by atoms with Crippen LogP contribution in [0.1, 0.15) is 37.7 Å². The molecule has 0 atom stereocenters. The number of halogens is 4. The van der Waals surface area contributed by atoms with E-state index in [1.165, 1.54) is 12.1 Å². The van der Waals surface area contributed by atoms with E-state index >= 15 is 0 Å². The average molecular weight is 512 g/mol. The van der Waals surface area contributed by atoms with Crippen molar-refractivity contribution < 1.29 is 32.6 Å². The first-order chi connectivity index (χ1) is 16.0. The zero-order valence-corrected chi connectivity index (χ0v) is 19.8. The molecule has 0 aliphatic heterocycles. The summed E-state index contributed by atoms with van der Waals surface area (Å²) in [6.45, 7) is 3.87. The number of carboxylic acid groups (broad SMARTS) is 1. The van der Waals surface area contributed by atoms with E-state index in [1.807, 2.05) is 13.8 Å². The Kier molecular flexibility index (Phi) is 7.89. The third-order valence-electron chi connectivity index (χ3n) is 4.96. The molecule has 0 saturated carbocycles. The Morgan fingerprint density at radius 2 is 1.71 bits per heavy atom. The normalized spacial score (nSPS) is 11.4. The van der Waals surface area contributed by atoms with E-state index in [9.17, 15) is 22.8 Å². The number of hydrogen-bond acceptors (Lipinski definition) is 4. The second-order valence-electron chi connectivity index (χ2n) is 7.59. The van der Waals surface area contributed by atoms with Crippen molar-refractivity contribution in [3.63, 3.8) is 0 Å². The van der Waals surface area contributed by atoms with Gasteiger partial charge < -0.3 is 15.2 Å². The van der Waals surface area contributed by atoms with Crippen molar-refractivity contribution in [1.29, 1.82) is 0 Å². The molecule has 5 nitrogen and oxygen atoms in total. The third-order valence-corrected chi connectivity index (χ3v) is 6.47. The van der Waals surface area contributed by atoms with Crippen molar-refractivity contribution in [2.75, 3.05) is 6.54 Å². The highest BCUT2D eigenvalue weighted by Gasteiger charge is 2.30. The first kappa shape index (κ1) is 25.6. The Bertz CT molecular complexity index is 1180. The molecule has 0 aliphatic rings. The van der Waals surface area contributed by atoms with Crippen molar-refractivity contribution >= 4 is 34.8 Å². The first-order valence-electron chi connectivity index (χ1n) is 10.2. The molecule has 3 aromatic rings. The molecular formula is C24H21ClF3NO4S. The minimum Gasteiger partial charge on any atom is -0.488 e. The fraction of sp³-hybridized carbons (Fsp3) is 0.250. The molecule has 0 bridgehead atoms. The molecule has 0 saturated heterocycles. The lowest BCUT2D eigenvalue weighted by molar-refractivity contribution is -0.138. The lowest BCUT2D eigenvalue weighted by Gasteiger charge is -2.14. The molecule has 0 unspecified atom stereocenters. The summed E-state index contributed by atoms with van der Waals surface area (Å²) in [5.41, 5.74) is 2.50. The number of carbonyl (C=O) groups excluding carboxylic acids is 1. The third kappa shape index (κ3) is 6.30. The van der Waals surface area contributed by atoms with E-state index in [0.29, 0.717) is 16.2 Å². The number of nitrogens with one attached hydrogen (secondary N) is 1. The number of hydrogen-bond donors (Lipinski definition) is 2. The van der Waals surface area contributed by atoms with Gasteiger partial charge in [-0.25, -0.2) is 0 Å². The number of carboxylic acids is 1. The smallest absolute Gasteiger partial charge is 0.416 e. The lowest BCUT2D eigenvalue weighted by Crippen LogP contribution is -2.25. The number of aliphatic carboxylic acids is 1. The fourth-order valence-electron chi connectivity index (χ4n) is 3.45. The Labute approximate surface area is 203 Å². The Balaban J connectivity index is 1.70. The molecule has 0 radical (unpaired) electrons. The van der Waals surface area contributed by atoms with Crippen molar-refractivity contribution in [3.8, 4) is 16.9 Å². The molecule has 3 rings (SSSR count). The molecule has 0 fully saturated rings. The van der Waals surface area contributed by atoms with Crippen LogP contribution < -0.4 is 10.1 Å². The molecule has 1 aromatic heterocycles.